The van der Waals surface area contributed by atoms with Gasteiger partial charge in [-0.05, 0) is 75.2 Å². The Morgan fingerprint density at radius 2 is 1.52 bits per heavy atom. The monoisotopic (exact) mass is 431 g/mol. The quantitative estimate of drug-likeness (QED) is 0.229. The minimum atomic E-state index is 0.126. The Balaban J connectivity index is 2.18. The average molecular weight is 432 g/mol. The van der Waals surface area contributed by atoms with Gasteiger partial charge in [-0.3, -0.25) is 0 Å². The first-order valence-corrected chi connectivity index (χ1v) is 13.2. The molecule has 1 unspecified atom stereocenters. The van der Waals surface area contributed by atoms with Crippen molar-refractivity contribution in [2.45, 2.75) is 118 Å². The van der Waals surface area contributed by atoms with E-state index in [1.54, 1.807) is 0 Å². The summed E-state index contributed by atoms with van der Waals surface area (Å²) in [6.45, 7) is 20.7. The van der Waals surface area contributed by atoms with Gasteiger partial charge in [-0.25, -0.2) is 0 Å². The summed E-state index contributed by atoms with van der Waals surface area (Å²) in [6.07, 6.45) is 13.2. The highest BCUT2D eigenvalue weighted by Gasteiger charge is 2.19. The Morgan fingerprint density at radius 1 is 0.871 bits per heavy atom. The van der Waals surface area contributed by atoms with Gasteiger partial charge in [0, 0.05) is 0 Å². The van der Waals surface area contributed by atoms with E-state index in [0.717, 1.165) is 24.7 Å². The normalized spacial score (nSPS) is 13.0. The van der Waals surface area contributed by atoms with Crippen LogP contribution in [0.5, 0.6) is 5.75 Å². The van der Waals surface area contributed by atoms with Gasteiger partial charge in [0.2, 0.25) is 0 Å². The number of unbranched alkanes of at least 4 members (excludes halogenated alkanes) is 6. The number of benzene rings is 1. The summed E-state index contributed by atoms with van der Waals surface area (Å²) in [5.74, 6) is 1.94. The molecule has 1 rings (SSSR count). The Labute approximate surface area is 195 Å². The molecule has 0 aliphatic rings. The van der Waals surface area contributed by atoms with Crippen molar-refractivity contribution in [2.75, 3.05) is 26.2 Å². The summed E-state index contributed by atoms with van der Waals surface area (Å²) in [5.41, 5.74) is 2.76. The van der Waals surface area contributed by atoms with Crippen molar-refractivity contribution in [1.82, 2.24) is 4.90 Å². The van der Waals surface area contributed by atoms with Crippen molar-refractivity contribution < 1.29 is 4.74 Å². The lowest BCUT2D eigenvalue weighted by Gasteiger charge is -2.23. The van der Waals surface area contributed by atoms with Gasteiger partial charge in [-0.15, -0.1) is 0 Å². The van der Waals surface area contributed by atoms with Crippen molar-refractivity contribution in [1.29, 1.82) is 0 Å². The molecule has 0 aliphatic carbocycles. The maximum absolute atomic E-state index is 6.16. The van der Waals surface area contributed by atoms with Gasteiger partial charge in [-0.1, -0.05) is 97.8 Å². The Morgan fingerprint density at radius 3 is 2.16 bits per heavy atom. The molecular formula is C29H53NO. The van der Waals surface area contributed by atoms with Crippen LogP contribution in [0.1, 0.15) is 117 Å². The molecule has 0 fully saturated rings. The molecule has 1 aromatic carbocycles. The van der Waals surface area contributed by atoms with E-state index in [2.05, 4.69) is 71.6 Å². The average Bonchev–Trinajstić information content (AvgIpc) is 2.73. The van der Waals surface area contributed by atoms with Crippen LogP contribution in [0.4, 0.5) is 0 Å². The SMILES string of the molecule is CCCCN(CCCCCCCCOc1ccc(C)cc1C(C)(C)C)CCC(C)CC. The zero-order valence-corrected chi connectivity index (χ0v) is 22.1. The van der Waals surface area contributed by atoms with Crippen molar-refractivity contribution in [3.8, 4) is 5.75 Å². The van der Waals surface area contributed by atoms with Crippen LogP contribution in [-0.2, 0) is 5.41 Å². The van der Waals surface area contributed by atoms with Crippen LogP contribution >= 0.6 is 0 Å². The van der Waals surface area contributed by atoms with E-state index in [0.29, 0.717) is 0 Å². The van der Waals surface area contributed by atoms with E-state index in [1.165, 1.54) is 88.5 Å². The molecule has 0 saturated heterocycles. The number of aryl methyl sites for hydroxylation is 1. The molecule has 1 atom stereocenters. The standard InChI is InChI=1S/C29H53NO/c1-8-10-20-30(22-19-25(3)9-2)21-15-13-11-12-14-16-23-31-28-18-17-26(4)24-27(28)29(5,6)7/h17-18,24-25H,8-16,19-23H2,1-7H3. The first-order chi connectivity index (χ1) is 14.8. The molecule has 0 spiro atoms. The van der Waals surface area contributed by atoms with E-state index < -0.39 is 0 Å². The topological polar surface area (TPSA) is 12.5 Å². The lowest BCUT2D eigenvalue weighted by atomic mass is 9.85. The summed E-state index contributed by atoms with van der Waals surface area (Å²) in [6, 6.07) is 6.60. The van der Waals surface area contributed by atoms with Gasteiger partial charge >= 0.3 is 0 Å². The second kappa shape index (κ2) is 15.7. The highest BCUT2D eigenvalue weighted by Crippen LogP contribution is 2.32. The number of nitrogens with zero attached hydrogens (tertiary/aromatic N) is 1. The predicted octanol–water partition coefficient (Wildman–Crippen LogP) is 8.55. The van der Waals surface area contributed by atoms with E-state index in [1.807, 2.05) is 0 Å². The van der Waals surface area contributed by atoms with Gasteiger partial charge in [0.05, 0.1) is 6.61 Å². The minimum absolute atomic E-state index is 0.126. The molecule has 0 saturated carbocycles. The molecular weight excluding hydrogens is 378 g/mol. The van der Waals surface area contributed by atoms with Crippen molar-refractivity contribution in [3.05, 3.63) is 29.3 Å². The molecule has 0 bridgehead atoms. The maximum atomic E-state index is 6.16. The van der Waals surface area contributed by atoms with Gasteiger partial charge in [-0.2, -0.15) is 0 Å². The van der Waals surface area contributed by atoms with Gasteiger partial charge in [0.15, 0.2) is 0 Å². The molecule has 0 N–H and O–H groups in total. The van der Waals surface area contributed by atoms with Crippen molar-refractivity contribution in [2.24, 2.45) is 5.92 Å². The van der Waals surface area contributed by atoms with Crippen LogP contribution in [0.25, 0.3) is 0 Å². The smallest absolute Gasteiger partial charge is 0.123 e. The molecule has 0 amide bonds. The fraction of sp³-hybridized carbons (Fsp3) is 0.793. The molecule has 0 radical (unpaired) electrons. The fourth-order valence-electron chi connectivity index (χ4n) is 4.01. The lowest BCUT2D eigenvalue weighted by molar-refractivity contribution is 0.243. The van der Waals surface area contributed by atoms with Crippen LogP contribution in [0.3, 0.4) is 0 Å². The number of ether oxygens (including phenoxy) is 1. The van der Waals surface area contributed by atoms with E-state index in [-0.39, 0.29) is 5.41 Å². The van der Waals surface area contributed by atoms with Crippen molar-refractivity contribution >= 4 is 0 Å². The van der Waals surface area contributed by atoms with Gasteiger partial charge in [0.25, 0.3) is 0 Å². The minimum Gasteiger partial charge on any atom is -0.493 e. The molecule has 2 nitrogen and oxygen atoms in total. The summed E-state index contributed by atoms with van der Waals surface area (Å²) in [4.78, 5) is 2.72. The molecule has 0 heterocycles. The highest BCUT2D eigenvalue weighted by molar-refractivity contribution is 5.41. The van der Waals surface area contributed by atoms with Crippen LogP contribution in [0.2, 0.25) is 0 Å². The van der Waals surface area contributed by atoms with Crippen LogP contribution in [0.15, 0.2) is 18.2 Å². The van der Waals surface area contributed by atoms with E-state index in [9.17, 15) is 0 Å². The third-order valence-electron chi connectivity index (χ3n) is 6.53. The fourth-order valence-corrected chi connectivity index (χ4v) is 4.01. The van der Waals surface area contributed by atoms with Crippen LogP contribution in [0, 0.1) is 12.8 Å². The lowest BCUT2D eigenvalue weighted by Crippen LogP contribution is -2.28. The molecule has 1 aromatic rings. The molecule has 180 valence electrons. The summed E-state index contributed by atoms with van der Waals surface area (Å²) < 4.78 is 6.16. The van der Waals surface area contributed by atoms with Gasteiger partial charge < -0.3 is 9.64 Å². The van der Waals surface area contributed by atoms with Crippen LogP contribution < -0.4 is 4.74 Å². The first kappa shape index (κ1) is 28.0. The second-order valence-electron chi connectivity index (χ2n) is 10.7. The Bertz CT molecular complexity index is 575. The number of rotatable bonds is 17. The molecule has 0 aliphatic heterocycles. The molecule has 0 aromatic heterocycles. The van der Waals surface area contributed by atoms with E-state index in [4.69, 9.17) is 4.74 Å². The van der Waals surface area contributed by atoms with E-state index >= 15 is 0 Å². The predicted molar refractivity (Wildman–Crippen MR) is 138 cm³/mol. The first-order valence-electron chi connectivity index (χ1n) is 13.2. The third-order valence-corrected chi connectivity index (χ3v) is 6.53. The zero-order valence-electron chi connectivity index (χ0n) is 22.1. The van der Waals surface area contributed by atoms with Gasteiger partial charge in [0.1, 0.15) is 5.75 Å². The summed E-state index contributed by atoms with van der Waals surface area (Å²) >= 11 is 0. The Kier molecular flexibility index (Phi) is 14.2. The van der Waals surface area contributed by atoms with Crippen LogP contribution in [-0.4, -0.2) is 31.1 Å². The summed E-state index contributed by atoms with van der Waals surface area (Å²) in [7, 11) is 0. The number of hydrogen-bond acceptors (Lipinski definition) is 2. The maximum Gasteiger partial charge on any atom is 0.123 e. The number of hydrogen-bond donors (Lipinski definition) is 0. The van der Waals surface area contributed by atoms with Crippen molar-refractivity contribution in [3.63, 3.8) is 0 Å². The largest absolute Gasteiger partial charge is 0.493 e. The summed E-state index contributed by atoms with van der Waals surface area (Å²) in [5, 5.41) is 0. The Hall–Kier alpha value is -1.02. The third kappa shape index (κ3) is 12.6. The zero-order chi connectivity index (χ0) is 23.1. The highest BCUT2D eigenvalue weighted by atomic mass is 16.5. The second-order valence-corrected chi connectivity index (χ2v) is 10.7. The molecule has 2 heteroatoms. The molecule has 31 heavy (non-hydrogen) atoms.